The summed E-state index contributed by atoms with van der Waals surface area (Å²) in [6, 6.07) is 20.8. The quantitative estimate of drug-likeness (QED) is 0.315. The van der Waals surface area contributed by atoms with Crippen molar-refractivity contribution in [2.24, 2.45) is 0 Å². The molecule has 2 aliphatic rings. The molecule has 0 bridgehead atoms. The molecule has 3 aromatic carbocycles. The summed E-state index contributed by atoms with van der Waals surface area (Å²) >= 11 is 4.05. The molecule has 0 radical (unpaired) electrons. The minimum atomic E-state index is 1.12. The lowest BCUT2D eigenvalue weighted by molar-refractivity contribution is 0.980. The molecule has 0 spiro atoms. The van der Waals surface area contributed by atoms with Gasteiger partial charge in [0.2, 0.25) is 0 Å². The van der Waals surface area contributed by atoms with Gasteiger partial charge in [0.25, 0.3) is 0 Å². The molecule has 4 aromatic rings. The third-order valence-corrected chi connectivity index (χ3v) is 8.31. The molecule has 132 valence electrons. The van der Waals surface area contributed by atoms with Crippen molar-refractivity contribution in [3.05, 3.63) is 76.2 Å². The van der Waals surface area contributed by atoms with E-state index < -0.39 is 0 Å². The number of fused-ring (bicyclic) bond motifs is 8. The Morgan fingerprint density at radius 3 is 2.56 bits per heavy atom. The topological polar surface area (TPSA) is 0 Å². The zero-order valence-corrected chi connectivity index (χ0v) is 17.0. The molecule has 27 heavy (non-hydrogen) atoms. The molecule has 0 N–H and O–H groups in total. The molecule has 1 aliphatic heterocycles. The van der Waals surface area contributed by atoms with E-state index in [4.69, 9.17) is 0 Å². The van der Waals surface area contributed by atoms with Crippen molar-refractivity contribution in [3.63, 3.8) is 0 Å². The van der Waals surface area contributed by atoms with Crippen molar-refractivity contribution < 1.29 is 0 Å². The van der Waals surface area contributed by atoms with Crippen LogP contribution in [0.3, 0.4) is 0 Å². The van der Waals surface area contributed by atoms with Crippen LogP contribution in [0, 0.1) is 6.92 Å². The molecule has 0 amide bonds. The van der Waals surface area contributed by atoms with Crippen LogP contribution in [0.1, 0.15) is 21.6 Å². The van der Waals surface area contributed by atoms with Gasteiger partial charge >= 0.3 is 0 Å². The summed E-state index contributed by atoms with van der Waals surface area (Å²) in [5.74, 6) is 1.24. The van der Waals surface area contributed by atoms with Crippen LogP contribution in [-0.2, 0) is 19.3 Å². The van der Waals surface area contributed by atoms with Gasteiger partial charge in [-0.15, -0.1) is 23.1 Å². The van der Waals surface area contributed by atoms with Crippen molar-refractivity contribution >= 4 is 33.2 Å². The standard InChI is InChI=1S/C25H20S2/c1-15-2-4-16(5-3-15)6-9-19-14-18-8-11-21-22-20(23(21)25(18)27-19)10-7-17-12-13-26-24(17)22/h2-5,7-8,10-11,14H,6,9,12-13H2,1H3. The monoisotopic (exact) mass is 384 g/mol. The molecule has 2 heterocycles. The lowest BCUT2D eigenvalue weighted by Gasteiger charge is -2.27. The highest BCUT2D eigenvalue weighted by Gasteiger charge is 2.31. The van der Waals surface area contributed by atoms with Crippen LogP contribution in [0.5, 0.6) is 0 Å². The summed E-state index contributed by atoms with van der Waals surface area (Å²) < 4.78 is 1.49. The smallest absolute Gasteiger partial charge is 0.0430 e. The van der Waals surface area contributed by atoms with E-state index in [-0.39, 0.29) is 0 Å². The zero-order chi connectivity index (χ0) is 18.0. The first kappa shape index (κ1) is 16.0. The van der Waals surface area contributed by atoms with Gasteiger partial charge in [-0.3, -0.25) is 0 Å². The highest BCUT2D eigenvalue weighted by molar-refractivity contribution is 7.99. The molecule has 0 fully saturated rings. The summed E-state index contributed by atoms with van der Waals surface area (Å²) in [6.07, 6.45) is 3.48. The summed E-state index contributed by atoms with van der Waals surface area (Å²) in [5, 5.41) is 1.41. The second-order valence-corrected chi connectivity index (χ2v) is 9.92. The van der Waals surface area contributed by atoms with Crippen LogP contribution in [0.4, 0.5) is 0 Å². The van der Waals surface area contributed by atoms with Crippen molar-refractivity contribution in [1.82, 2.24) is 0 Å². The first-order valence-electron chi connectivity index (χ1n) is 9.68. The lowest BCUT2D eigenvalue weighted by atomic mass is 9.79. The minimum absolute atomic E-state index is 1.12. The molecule has 6 rings (SSSR count). The van der Waals surface area contributed by atoms with Crippen LogP contribution in [-0.4, -0.2) is 5.75 Å². The summed E-state index contributed by atoms with van der Waals surface area (Å²) in [4.78, 5) is 3.05. The maximum Gasteiger partial charge on any atom is 0.0430 e. The number of hydrogen-bond donors (Lipinski definition) is 0. The van der Waals surface area contributed by atoms with Gasteiger partial charge < -0.3 is 0 Å². The molecular weight excluding hydrogens is 364 g/mol. The molecular formula is C25H20S2. The fourth-order valence-electron chi connectivity index (χ4n) is 4.44. The first-order valence-corrected chi connectivity index (χ1v) is 11.5. The molecule has 0 atom stereocenters. The van der Waals surface area contributed by atoms with E-state index in [1.54, 1.807) is 10.5 Å². The fraction of sp³-hybridized carbons (Fsp3) is 0.200. The average molecular weight is 385 g/mol. The van der Waals surface area contributed by atoms with Gasteiger partial charge in [-0.1, -0.05) is 54.1 Å². The van der Waals surface area contributed by atoms with Crippen molar-refractivity contribution in [3.8, 4) is 22.3 Å². The maximum absolute atomic E-state index is 2.41. The normalized spacial score (nSPS) is 14.0. The molecule has 1 aliphatic carbocycles. The Morgan fingerprint density at radius 1 is 0.852 bits per heavy atom. The third-order valence-electron chi connectivity index (χ3n) is 5.91. The second-order valence-electron chi connectivity index (χ2n) is 7.68. The van der Waals surface area contributed by atoms with E-state index in [1.165, 1.54) is 60.5 Å². The number of thioether (sulfide) groups is 1. The largest absolute Gasteiger partial charge is 0.140 e. The van der Waals surface area contributed by atoms with Crippen LogP contribution in [0.15, 0.2) is 59.5 Å². The van der Waals surface area contributed by atoms with Crippen LogP contribution < -0.4 is 0 Å². The number of rotatable bonds is 3. The van der Waals surface area contributed by atoms with Gasteiger partial charge in [0.1, 0.15) is 0 Å². The number of aryl methyl sites for hydroxylation is 4. The predicted molar refractivity (Wildman–Crippen MR) is 119 cm³/mol. The van der Waals surface area contributed by atoms with Gasteiger partial charge in [-0.05, 0) is 59.9 Å². The van der Waals surface area contributed by atoms with Gasteiger partial charge in [-0.2, -0.15) is 0 Å². The van der Waals surface area contributed by atoms with Gasteiger partial charge in [-0.25, -0.2) is 0 Å². The number of hydrogen-bond acceptors (Lipinski definition) is 2. The predicted octanol–water partition coefficient (Wildman–Crippen LogP) is 7.29. The minimum Gasteiger partial charge on any atom is -0.140 e. The van der Waals surface area contributed by atoms with E-state index in [2.05, 4.69) is 61.5 Å². The van der Waals surface area contributed by atoms with E-state index in [9.17, 15) is 0 Å². The van der Waals surface area contributed by atoms with E-state index in [1.807, 2.05) is 23.1 Å². The van der Waals surface area contributed by atoms with Crippen molar-refractivity contribution in [2.45, 2.75) is 31.1 Å². The Balaban J connectivity index is 1.35. The average Bonchev–Trinajstić information content (AvgIpc) is 3.29. The van der Waals surface area contributed by atoms with Gasteiger partial charge in [0, 0.05) is 31.4 Å². The molecule has 1 aromatic heterocycles. The highest BCUT2D eigenvalue weighted by Crippen LogP contribution is 2.57. The highest BCUT2D eigenvalue weighted by atomic mass is 32.2. The van der Waals surface area contributed by atoms with E-state index in [0.29, 0.717) is 0 Å². The Labute approximate surface area is 168 Å². The lowest BCUT2D eigenvalue weighted by Crippen LogP contribution is -2.01. The molecule has 0 saturated carbocycles. The van der Waals surface area contributed by atoms with Crippen molar-refractivity contribution in [1.29, 1.82) is 0 Å². The number of thiophene rings is 1. The molecule has 2 heteroatoms. The Morgan fingerprint density at radius 2 is 1.67 bits per heavy atom. The number of benzene rings is 3. The molecule has 0 nitrogen and oxygen atoms in total. The van der Waals surface area contributed by atoms with E-state index in [0.717, 1.165) is 12.8 Å². The van der Waals surface area contributed by atoms with Crippen molar-refractivity contribution in [2.75, 3.05) is 5.75 Å². The van der Waals surface area contributed by atoms with E-state index >= 15 is 0 Å². The van der Waals surface area contributed by atoms with Crippen LogP contribution in [0.25, 0.3) is 32.3 Å². The Kier molecular flexibility index (Phi) is 3.54. The van der Waals surface area contributed by atoms with Gasteiger partial charge in [0.05, 0.1) is 0 Å². The first-order chi connectivity index (χ1) is 13.3. The second kappa shape index (κ2) is 5.98. The Bertz CT molecular complexity index is 1200. The molecule has 0 unspecified atom stereocenters. The summed E-state index contributed by atoms with van der Waals surface area (Å²) in [5.41, 5.74) is 10.3. The summed E-state index contributed by atoms with van der Waals surface area (Å²) in [6.45, 7) is 2.15. The zero-order valence-electron chi connectivity index (χ0n) is 15.3. The SMILES string of the molecule is Cc1ccc(CCc2cc3ccc4c(c3s2)-c2ccc3c(c2-4)SCC3)cc1. The van der Waals surface area contributed by atoms with Crippen LogP contribution in [0.2, 0.25) is 0 Å². The third kappa shape index (κ3) is 2.43. The maximum atomic E-state index is 2.41. The summed E-state index contributed by atoms with van der Waals surface area (Å²) in [7, 11) is 0. The molecule has 0 saturated heterocycles. The fourth-order valence-corrected chi connectivity index (χ4v) is 6.91. The van der Waals surface area contributed by atoms with Crippen LogP contribution >= 0.6 is 23.1 Å². The van der Waals surface area contributed by atoms with Gasteiger partial charge in [0.15, 0.2) is 0 Å². The Hall–Kier alpha value is -2.03.